The molecule has 2 rings (SSSR count). The average Bonchev–Trinajstić information content (AvgIpc) is 2.55. The van der Waals surface area contributed by atoms with Crippen LogP contribution in [0.25, 0.3) is 0 Å². The maximum Gasteiger partial charge on any atom is 1.00 e. The molecule has 22 heavy (non-hydrogen) atoms. The SMILES string of the molecule is C=[N+](C[C-]=COCc1ccccc1)c1ccc(OC)cc1.[Au+]. The molecular formula is C18H19AuNO2+. The summed E-state index contributed by atoms with van der Waals surface area (Å²) in [6.45, 7) is 5.08. The quantitative estimate of drug-likeness (QED) is 0.200. The first-order valence-corrected chi connectivity index (χ1v) is 6.72. The van der Waals surface area contributed by atoms with Gasteiger partial charge in [0, 0.05) is 18.7 Å². The number of ether oxygens (including phenoxy) is 2. The molecule has 0 aliphatic carbocycles. The van der Waals surface area contributed by atoms with Crippen LogP contribution in [0.5, 0.6) is 5.75 Å². The number of hydrogen-bond acceptors (Lipinski definition) is 2. The molecule has 0 aromatic heterocycles. The van der Waals surface area contributed by atoms with Gasteiger partial charge in [-0.15, -0.1) is 0 Å². The Kier molecular flexibility index (Phi) is 8.30. The van der Waals surface area contributed by atoms with Gasteiger partial charge < -0.3 is 15.5 Å². The van der Waals surface area contributed by atoms with Gasteiger partial charge in [-0.05, 0) is 17.7 Å². The summed E-state index contributed by atoms with van der Waals surface area (Å²) in [6, 6.07) is 17.8. The van der Waals surface area contributed by atoms with E-state index in [0.29, 0.717) is 13.2 Å². The summed E-state index contributed by atoms with van der Waals surface area (Å²) in [4.78, 5) is 0. The number of nitrogens with zero attached hydrogens (tertiary/aromatic N) is 1. The maximum absolute atomic E-state index is 5.43. The van der Waals surface area contributed by atoms with Gasteiger partial charge in [0.05, 0.1) is 7.11 Å². The Hall–Kier alpha value is -1.81. The van der Waals surface area contributed by atoms with Crippen molar-refractivity contribution in [2.24, 2.45) is 0 Å². The summed E-state index contributed by atoms with van der Waals surface area (Å²) in [5, 5.41) is 0. The zero-order valence-corrected chi connectivity index (χ0v) is 14.6. The van der Waals surface area contributed by atoms with Gasteiger partial charge in [0.2, 0.25) is 5.69 Å². The third-order valence-electron chi connectivity index (χ3n) is 2.98. The molecule has 0 bridgehead atoms. The van der Waals surface area contributed by atoms with E-state index < -0.39 is 0 Å². The van der Waals surface area contributed by atoms with Crippen LogP contribution < -0.4 is 4.74 Å². The second kappa shape index (κ2) is 10.0. The van der Waals surface area contributed by atoms with Crippen LogP contribution in [0, 0.1) is 6.08 Å². The van der Waals surface area contributed by atoms with Crippen molar-refractivity contribution in [3.63, 3.8) is 0 Å². The van der Waals surface area contributed by atoms with E-state index in [-0.39, 0.29) is 22.4 Å². The topological polar surface area (TPSA) is 21.5 Å². The Bertz CT molecular complexity index is 594. The van der Waals surface area contributed by atoms with E-state index in [0.717, 1.165) is 17.0 Å². The van der Waals surface area contributed by atoms with E-state index >= 15 is 0 Å². The van der Waals surface area contributed by atoms with Gasteiger partial charge in [-0.3, -0.25) is 0 Å². The largest absolute Gasteiger partial charge is 1.00 e. The number of benzene rings is 2. The molecule has 0 saturated heterocycles. The molecule has 0 saturated carbocycles. The van der Waals surface area contributed by atoms with E-state index in [1.807, 2.05) is 59.2 Å². The molecule has 0 heterocycles. The van der Waals surface area contributed by atoms with Crippen LogP contribution in [0.3, 0.4) is 0 Å². The fourth-order valence-electron chi connectivity index (χ4n) is 1.80. The molecule has 0 unspecified atom stereocenters. The average molecular weight is 478 g/mol. The molecule has 3 nitrogen and oxygen atoms in total. The summed E-state index contributed by atoms with van der Waals surface area (Å²) < 4.78 is 12.4. The van der Waals surface area contributed by atoms with Crippen molar-refractivity contribution in [3.05, 3.63) is 72.5 Å². The van der Waals surface area contributed by atoms with E-state index in [1.165, 1.54) is 0 Å². The van der Waals surface area contributed by atoms with Gasteiger partial charge >= 0.3 is 22.4 Å². The number of methoxy groups -OCH3 is 1. The molecule has 0 amide bonds. The Morgan fingerprint density at radius 2 is 1.77 bits per heavy atom. The minimum atomic E-state index is 0. The fourth-order valence-corrected chi connectivity index (χ4v) is 1.80. The first kappa shape index (κ1) is 18.2. The van der Waals surface area contributed by atoms with Crippen LogP contribution in [0.4, 0.5) is 5.69 Å². The summed E-state index contributed by atoms with van der Waals surface area (Å²) in [5.41, 5.74) is 2.14. The molecule has 0 spiro atoms. The van der Waals surface area contributed by atoms with Crippen molar-refractivity contribution >= 4 is 12.4 Å². The molecule has 118 valence electrons. The molecule has 0 aliphatic heterocycles. The van der Waals surface area contributed by atoms with Crippen LogP contribution in [0.2, 0.25) is 0 Å². The monoisotopic (exact) mass is 478 g/mol. The second-order valence-corrected chi connectivity index (χ2v) is 4.51. The Morgan fingerprint density at radius 1 is 1.09 bits per heavy atom. The summed E-state index contributed by atoms with van der Waals surface area (Å²) >= 11 is 0. The van der Waals surface area contributed by atoms with Crippen molar-refractivity contribution in [1.82, 2.24) is 0 Å². The number of rotatable bonds is 7. The van der Waals surface area contributed by atoms with Crippen molar-refractivity contribution in [2.75, 3.05) is 13.7 Å². The predicted molar refractivity (Wildman–Crippen MR) is 83.9 cm³/mol. The molecular weight excluding hydrogens is 459 g/mol. The Balaban J connectivity index is 0.00000242. The standard InChI is InChI=1S/C18H19NO2.Au/c1-19(17-9-11-18(20-2)12-10-17)13-6-14-21-15-16-7-4-3-5-8-16;/h3-5,7-12,14H,1,13,15H2,2H3;/q;+1. The molecule has 2 aromatic rings. The zero-order valence-electron chi connectivity index (χ0n) is 12.5. The summed E-state index contributed by atoms with van der Waals surface area (Å²) in [5.74, 6) is 0.831. The van der Waals surface area contributed by atoms with Crippen LogP contribution in [-0.4, -0.2) is 24.9 Å². The normalized spacial score (nSPS) is 10.0. The van der Waals surface area contributed by atoms with Crippen molar-refractivity contribution in [2.45, 2.75) is 6.61 Å². The van der Waals surface area contributed by atoms with Gasteiger partial charge in [-0.1, -0.05) is 36.6 Å². The Morgan fingerprint density at radius 3 is 2.41 bits per heavy atom. The van der Waals surface area contributed by atoms with Gasteiger partial charge in [-0.25, -0.2) is 4.58 Å². The maximum atomic E-state index is 5.43. The van der Waals surface area contributed by atoms with Gasteiger partial charge in [0.25, 0.3) is 0 Å². The van der Waals surface area contributed by atoms with Crippen molar-refractivity contribution in [1.29, 1.82) is 0 Å². The van der Waals surface area contributed by atoms with E-state index in [9.17, 15) is 0 Å². The van der Waals surface area contributed by atoms with Gasteiger partial charge in [-0.2, -0.15) is 0 Å². The van der Waals surface area contributed by atoms with Crippen LogP contribution in [-0.2, 0) is 33.7 Å². The minimum Gasteiger partial charge on any atom is -0.533 e. The third kappa shape index (κ3) is 5.90. The first-order valence-electron chi connectivity index (χ1n) is 6.72. The second-order valence-electron chi connectivity index (χ2n) is 4.51. The molecule has 0 fully saturated rings. The molecule has 0 N–H and O–H groups in total. The zero-order chi connectivity index (χ0) is 14.9. The Labute approximate surface area is 147 Å². The van der Waals surface area contributed by atoms with Crippen molar-refractivity contribution in [3.8, 4) is 5.75 Å². The van der Waals surface area contributed by atoms with E-state index in [1.54, 1.807) is 13.4 Å². The summed E-state index contributed by atoms with van der Waals surface area (Å²) in [7, 11) is 1.65. The van der Waals surface area contributed by atoms with E-state index in [2.05, 4.69) is 12.8 Å². The van der Waals surface area contributed by atoms with Gasteiger partial charge in [0.15, 0.2) is 0 Å². The molecule has 0 atom stereocenters. The molecule has 0 aliphatic rings. The number of hydrogen-bond donors (Lipinski definition) is 0. The van der Waals surface area contributed by atoms with Crippen LogP contribution >= 0.6 is 0 Å². The van der Waals surface area contributed by atoms with Gasteiger partial charge in [0.1, 0.15) is 19.1 Å². The molecule has 0 radical (unpaired) electrons. The fraction of sp³-hybridized carbons (Fsp3) is 0.167. The molecule has 2 aromatic carbocycles. The minimum absolute atomic E-state index is 0. The first-order chi connectivity index (χ1) is 10.3. The van der Waals surface area contributed by atoms with Crippen molar-refractivity contribution < 1.29 is 36.4 Å². The molecule has 4 heteroatoms. The van der Waals surface area contributed by atoms with Crippen LogP contribution in [0.15, 0.2) is 60.9 Å². The summed E-state index contributed by atoms with van der Waals surface area (Å²) in [6.07, 6.45) is 4.66. The third-order valence-corrected chi connectivity index (χ3v) is 2.98. The van der Waals surface area contributed by atoms with Crippen LogP contribution in [0.1, 0.15) is 5.56 Å². The predicted octanol–water partition coefficient (Wildman–Crippen LogP) is 3.57. The smallest absolute Gasteiger partial charge is 0.533 e. The van der Waals surface area contributed by atoms with E-state index in [4.69, 9.17) is 9.47 Å².